The quantitative estimate of drug-likeness (QED) is 0.741. The van der Waals surface area contributed by atoms with Gasteiger partial charge in [0.1, 0.15) is 4.88 Å². The Kier molecular flexibility index (Phi) is 5.81. The van der Waals surface area contributed by atoms with Gasteiger partial charge in [-0.2, -0.15) is 0 Å². The number of hydrogen-bond donors (Lipinski definition) is 1. The maximum Gasteiger partial charge on any atom is 0.349 e. The molecular weight excluding hydrogens is 388 g/mol. The van der Waals surface area contributed by atoms with E-state index in [0.29, 0.717) is 4.88 Å². The third-order valence-electron chi connectivity index (χ3n) is 4.16. The smallest absolute Gasteiger partial charge is 0.349 e. The lowest BCUT2D eigenvalue weighted by Gasteiger charge is -2.16. The summed E-state index contributed by atoms with van der Waals surface area (Å²) in [7, 11) is 0. The molecule has 0 saturated carbocycles. The fourth-order valence-electron chi connectivity index (χ4n) is 2.67. The topological polar surface area (TPSA) is 92.8 Å². The van der Waals surface area contributed by atoms with Crippen molar-refractivity contribution in [3.63, 3.8) is 0 Å². The first kappa shape index (κ1) is 19.4. The number of thiophene rings is 1. The van der Waals surface area contributed by atoms with Crippen LogP contribution in [-0.4, -0.2) is 52.9 Å². The molecule has 9 heteroatoms. The van der Waals surface area contributed by atoms with Crippen LogP contribution in [0.2, 0.25) is 0 Å². The molecule has 1 atom stereocenters. The van der Waals surface area contributed by atoms with Gasteiger partial charge in [-0.05, 0) is 30.9 Å². The monoisotopic (exact) mass is 406 g/mol. The summed E-state index contributed by atoms with van der Waals surface area (Å²) in [6.07, 6.45) is -0.985. The van der Waals surface area contributed by atoms with E-state index in [-0.39, 0.29) is 30.0 Å². The molecule has 0 bridgehead atoms. The highest BCUT2D eigenvalue weighted by molar-refractivity contribution is 8.14. The molecule has 1 aromatic carbocycles. The highest BCUT2D eigenvalue weighted by Gasteiger charge is 2.29. The Morgan fingerprint density at radius 2 is 2.04 bits per heavy atom. The molecule has 1 N–H and O–H groups in total. The Hall–Kier alpha value is -2.39. The van der Waals surface area contributed by atoms with Crippen LogP contribution in [0.3, 0.4) is 0 Å². The van der Waals surface area contributed by atoms with Crippen LogP contribution >= 0.6 is 23.1 Å². The van der Waals surface area contributed by atoms with E-state index in [9.17, 15) is 19.2 Å². The molecule has 27 heavy (non-hydrogen) atoms. The number of nitrogens with zero attached hydrogens (tertiary/aromatic N) is 1. The standard InChI is InChI=1S/C18H18N2O5S2/c1-10-12-5-3-4-6-13(12)27-15(10)17(23)25-11(2)16(22)19-7-8-20-14(21)9-26-18(20)24/h3-6,11H,7-9H2,1-2H3,(H,19,22)/t11-/m0/s1. The number of nitrogens with one attached hydrogen (secondary N) is 1. The predicted octanol–water partition coefficient (Wildman–Crippen LogP) is 2.57. The van der Waals surface area contributed by atoms with Crippen LogP contribution in [0.4, 0.5) is 4.79 Å². The molecule has 3 amide bonds. The summed E-state index contributed by atoms with van der Waals surface area (Å²) in [4.78, 5) is 49.1. The SMILES string of the molecule is Cc1c(C(=O)O[C@@H](C)C(=O)NCCN2C(=O)CSC2=O)sc2ccccc12. The zero-order valence-electron chi connectivity index (χ0n) is 14.8. The second kappa shape index (κ2) is 8.10. The summed E-state index contributed by atoms with van der Waals surface area (Å²) in [6, 6.07) is 7.67. The molecule has 0 radical (unpaired) electrons. The number of amides is 3. The van der Waals surface area contributed by atoms with E-state index < -0.39 is 18.0 Å². The van der Waals surface area contributed by atoms with Gasteiger partial charge in [0.25, 0.3) is 11.1 Å². The fraction of sp³-hybridized carbons (Fsp3) is 0.333. The summed E-state index contributed by atoms with van der Waals surface area (Å²) >= 11 is 2.27. The number of thioether (sulfide) groups is 1. The van der Waals surface area contributed by atoms with E-state index in [2.05, 4.69) is 5.32 Å². The number of esters is 1. The van der Waals surface area contributed by atoms with E-state index in [1.54, 1.807) is 0 Å². The number of fused-ring (bicyclic) bond motifs is 1. The number of aryl methyl sites for hydroxylation is 1. The highest BCUT2D eigenvalue weighted by Crippen LogP contribution is 2.31. The first-order valence-electron chi connectivity index (χ1n) is 8.32. The lowest BCUT2D eigenvalue weighted by atomic mass is 10.1. The van der Waals surface area contributed by atoms with Gasteiger partial charge < -0.3 is 10.1 Å². The van der Waals surface area contributed by atoms with E-state index >= 15 is 0 Å². The van der Waals surface area contributed by atoms with Gasteiger partial charge in [-0.3, -0.25) is 19.3 Å². The van der Waals surface area contributed by atoms with Crippen molar-refractivity contribution in [1.29, 1.82) is 0 Å². The summed E-state index contributed by atoms with van der Waals surface area (Å²) in [5, 5.41) is 3.26. The summed E-state index contributed by atoms with van der Waals surface area (Å²) in [5.41, 5.74) is 0.830. The van der Waals surface area contributed by atoms with Gasteiger partial charge in [0, 0.05) is 17.8 Å². The Morgan fingerprint density at radius 3 is 2.70 bits per heavy atom. The number of ether oxygens (including phenoxy) is 1. The highest BCUT2D eigenvalue weighted by atomic mass is 32.2. The van der Waals surface area contributed by atoms with E-state index in [1.165, 1.54) is 18.3 Å². The van der Waals surface area contributed by atoms with Gasteiger partial charge in [0.05, 0.1) is 5.75 Å². The lowest BCUT2D eigenvalue weighted by molar-refractivity contribution is -0.130. The first-order valence-corrected chi connectivity index (χ1v) is 10.1. The molecule has 0 spiro atoms. The van der Waals surface area contributed by atoms with Crippen molar-refractivity contribution in [3.8, 4) is 0 Å². The van der Waals surface area contributed by atoms with Crippen LogP contribution in [0, 0.1) is 6.92 Å². The van der Waals surface area contributed by atoms with Crippen LogP contribution in [0.5, 0.6) is 0 Å². The predicted molar refractivity (Wildman–Crippen MR) is 104 cm³/mol. The number of imide groups is 1. The zero-order chi connectivity index (χ0) is 19.6. The summed E-state index contributed by atoms with van der Waals surface area (Å²) < 4.78 is 6.26. The Balaban J connectivity index is 1.54. The average molecular weight is 406 g/mol. The van der Waals surface area contributed by atoms with Crippen LogP contribution in [0.15, 0.2) is 24.3 Å². The Bertz CT molecular complexity index is 908. The van der Waals surface area contributed by atoms with E-state index in [4.69, 9.17) is 4.74 Å². The molecular formula is C18H18N2O5S2. The van der Waals surface area contributed by atoms with Crippen molar-refractivity contribution in [2.75, 3.05) is 18.8 Å². The molecule has 1 saturated heterocycles. The number of carbonyl (C=O) groups excluding carboxylic acids is 4. The minimum atomic E-state index is -0.985. The number of carbonyl (C=O) groups is 4. The molecule has 142 valence electrons. The third-order valence-corrected chi connectivity index (χ3v) is 6.27. The van der Waals surface area contributed by atoms with Crippen molar-refractivity contribution < 1.29 is 23.9 Å². The minimum absolute atomic E-state index is 0.104. The van der Waals surface area contributed by atoms with Crippen molar-refractivity contribution in [2.24, 2.45) is 0 Å². The molecule has 3 rings (SSSR count). The molecule has 7 nitrogen and oxygen atoms in total. The maximum atomic E-state index is 12.4. The van der Waals surface area contributed by atoms with Crippen molar-refractivity contribution >= 4 is 56.2 Å². The second-order valence-electron chi connectivity index (χ2n) is 5.99. The fourth-order valence-corrected chi connectivity index (χ4v) is 4.51. The summed E-state index contributed by atoms with van der Waals surface area (Å²) in [5.74, 6) is -1.15. The lowest BCUT2D eigenvalue weighted by Crippen LogP contribution is -2.41. The Labute approximate surface area is 164 Å². The van der Waals surface area contributed by atoms with Gasteiger partial charge in [0.15, 0.2) is 6.10 Å². The number of benzene rings is 1. The molecule has 1 fully saturated rings. The maximum absolute atomic E-state index is 12.4. The third kappa shape index (κ3) is 4.14. The van der Waals surface area contributed by atoms with Gasteiger partial charge in [-0.15, -0.1) is 11.3 Å². The van der Waals surface area contributed by atoms with Crippen LogP contribution < -0.4 is 5.32 Å². The average Bonchev–Trinajstić information content (AvgIpc) is 3.15. The second-order valence-corrected chi connectivity index (χ2v) is 7.97. The van der Waals surface area contributed by atoms with Crippen molar-refractivity contribution in [1.82, 2.24) is 10.2 Å². The van der Waals surface area contributed by atoms with Crippen LogP contribution in [0.1, 0.15) is 22.2 Å². The molecule has 1 aliphatic rings. The molecule has 1 aromatic heterocycles. The largest absolute Gasteiger partial charge is 0.448 e. The van der Waals surface area contributed by atoms with Gasteiger partial charge in [-0.25, -0.2) is 4.79 Å². The van der Waals surface area contributed by atoms with Gasteiger partial charge >= 0.3 is 5.97 Å². The van der Waals surface area contributed by atoms with E-state index in [1.807, 2.05) is 31.2 Å². The molecule has 0 unspecified atom stereocenters. The van der Waals surface area contributed by atoms with Crippen molar-refractivity contribution in [2.45, 2.75) is 20.0 Å². The molecule has 2 heterocycles. The molecule has 2 aromatic rings. The minimum Gasteiger partial charge on any atom is -0.448 e. The van der Waals surface area contributed by atoms with Crippen molar-refractivity contribution in [3.05, 3.63) is 34.7 Å². The molecule has 0 aliphatic carbocycles. The number of hydrogen-bond acceptors (Lipinski definition) is 7. The molecule has 1 aliphatic heterocycles. The Morgan fingerprint density at radius 1 is 1.30 bits per heavy atom. The zero-order valence-corrected chi connectivity index (χ0v) is 16.4. The van der Waals surface area contributed by atoms with Gasteiger partial charge in [-0.1, -0.05) is 30.0 Å². The normalized spacial score (nSPS) is 15.3. The summed E-state index contributed by atoms with van der Waals surface area (Å²) in [6.45, 7) is 3.55. The number of rotatable bonds is 6. The van der Waals surface area contributed by atoms with Crippen LogP contribution in [0.25, 0.3) is 10.1 Å². The van der Waals surface area contributed by atoms with Gasteiger partial charge in [0.2, 0.25) is 5.91 Å². The first-order chi connectivity index (χ1) is 12.9. The van der Waals surface area contributed by atoms with Crippen LogP contribution in [-0.2, 0) is 14.3 Å². The van der Waals surface area contributed by atoms with E-state index in [0.717, 1.165) is 32.3 Å².